The minimum Gasteiger partial charge on any atom is -0.465 e. The molecule has 1 aromatic carbocycles. The fraction of sp³-hybridized carbons (Fsp3) is 0.250. The van der Waals surface area contributed by atoms with Gasteiger partial charge in [0.25, 0.3) is 0 Å². The molecule has 1 fully saturated rings. The monoisotopic (exact) mass is 418 g/mol. The van der Waals surface area contributed by atoms with Crippen LogP contribution in [0.25, 0.3) is 10.9 Å². The van der Waals surface area contributed by atoms with Crippen LogP contribution in [0.15, 0.2) is 30.3 Å². The van der Waals surface area contributed by atoms with E-state index in [0.717, 1.165) is 24.1 Å². The summed E-state index contributed by atoms with van der Waals surface area (Å²) in [4.78, 5) is 28.7. The van der Waals surface area contributed by atoms with E-state index < -0.39 is 11.9 Å². The molecular weight excluding hydrogens is 403 g/mol. The highest BCUT2D eigenvalue weighted by Crippen LogP contribution is 2.42. The van der Waals surface area contributed by atoms with Gasteiger partial charge in [-0.15, -0.1) is 0 Å². The molecule has 28 heavy (non-hydrogen) atoms. The van der Waals surface area contributed by atoms with E-state index in [1.807, 2.05) is 13.0 Å². The van der Waals surface area contributed by atoms with Crippen LogP contribution in [-0.2, 0) is 4.74 Å². The first kappa shape index (κ1) is 18.8. The van der Waals surface area contributed by atoms with Gasteiger partial charge in [0.2, 0.25) is 0 Å². The lowest BCUT2D eigenvalue weighted by molar-refractivity contribution is 0.0601. The lowest BCUT2D eigenvalue weighted by Crippen LogP contribution is -2.11. The van der Waals surface area contributed by atoms with Crippen molar-refractivity contribution in [3.05, 3.63) is 57.5 Å². The van der Waals surface area contributed by atoms with Crippen molar-refractivity contribution in [2.45, 2.75) is 25.8 Å². The number of ether oxygens (including phenoxy) is 2. The Morgan fingerprint density at radius 2 is 1.89 bits per heavy atom. The number of nitrogens with zero attached hydrogens (tertiary/aromatic N) is 2. The maximum absolute atomic E-state index is 12.5. The number of esters is 2. The minimum absolute atomic E-state index is 0.0748. The predicted molar refractivity (Wildman–Crippen MR) is 106 cm³/mol. The number of halogens is 2. The molecule has 0 spiro atoms. The second-order valence-electron chi connectivity index (χ2n) is 6.59. The zero-order valence-electron chi connectivity index (χ0n) is 15.2. The number of carbonyl (C=O) groups excluding carboxylic acids is 2. The fourth-order valence-electron chi connectivity index (χ4n) is 3.36. The number of benzene rings is 1. The Hall–Kier alpha value is -2.57. The number of hydrogen-bond acceptors (Lipinski definition) is 5. The Kier molecular flexibility index (Phi) is 4.77. The molecular formula is C20H16Cl2N2O4. The average Bonchev–Trinajstić information content (AvgIpc) is 3.46. The van der Waals surface area contributed by atoms with Crippen LogP contribution in [0.2, 0.25) is 10.2 Å². The molecule has 0 unspecified atom stereocenters. The summed E-state index contributed by atoms with van der Waals surface area (Å²) in [7, 11) is 1.35. The summed E-state index contributed by atoms with van der Waals surface area (Å²) in [5.41, 5.74) is 2.14. The highest BCUT2D eigenvalue weighted by atomic mass is 35.5. The van der Waals surface area contributed by atoms with Gasteiger partial charge >= 0.3 is 11.9 Å². The molecule has 6 nitrogen and oxygen atoms in total. The van der Waals surface area contributed by atoms with Crippen molar-refractivity contribution >= 4 is 46.0 Å². The van der Waals surface area contributed by atoms with Crippen LogP contribution in [0.5, 0.6) is 5.75 Å². The molecule has 0 aliphatic heterocycles. The first-order chi connectivity index (χ1) is 13.4. The molecule has 0 amide bonds. The van der Waals surface area contributed by atoms with E-state index in [0.29, 0.717) is 17.0 Å². The van der Waals surface area contributed by atoms with E-state index in [-0.39, 0.29) is 21.6 Å². The van der Waals surface area contributed by atoms with Gasteiger partial charge in [0.15, 0.2) is 5.69 Å². The maximum Gasteiger partial charge on any atom is 0.363 e. The molecule has 0 bridgehead atoms. The average molecular weight is 419 g/mol. The molecule has 0 N–H and O–H groups in total. The van der Waals surface area contributed by atoms with Crippen molar-refractivity contribution in [1.29, 1.82) is 0 Å². The number of methoxy groups -OCH3 is 1. The van der Waals surface area contributed by atoms with Gasteiger partial charge in [-0.3, -0.25) is 0 Å². The number of rotatable bonds is 4. The Bertz CT molecular complexity index is 1120. The summed E-state index contributed by atoms with van der Waals surface area (Å²) in [5, 5.41) is 0.949. The Morgan fingerprint density at radius 3 is 2.57 bits per heavy atom. The van der Waals surface area contributed by atoms with Gasteiger partial charge in [-0.1, -0.05) is 23.2 Å². The van der Waals surface area contributed by atoms with E-state index in [1.165, 1.54) is 19.2 Å². The lowest BCUT2D eigenvalue weighted by atomic mass is 10.1. The van der Waals surface area contributed by atoms with Gasteiger partial charge < -0.3 is 14.0 Å². The summed E-state index contributed by atoms with van der Waals surface area (Å²) in [6.07, 6.45) is 2.14. The fourth-order valence-corrected chi connectivity index (χ4v) is 3.69. The molecule has 0 radical (unpaired) electrons. The largest absolute Gasteiger partial charge is 0.465 e. The Balaban J connectivity index is 1.76. The van der Waals surface area contributed by atoms with Crippen molar-refractivity contribution < 1.29 is 19.1 Å². The van der Waals surface area contributed by atoms with Gasteiger partial charge in [0.05, 0.1) is 17.7 Å². The van der Waals surface area contributed by atoms with Crippen LogP contribution in [0.1, 0.15) is 45.4 Å². The SMILES string of the molecule is COC(=O)c1c(C)n(C2CC2)c2ccc(OC(=O)c3nc(Cl)ccc3Cl)cc12. The van der Waals surface area contributed by atoms with Crippen molar-refractivity contribution in [3.8, 4) is 5.75 Å². The third-order valence-corrected chi connectivity index (χ3v) is 5.25. The zero-order chi connectivity index (χ0) is 20.0. The van der Waals surface area contributed by atoms with Crippen molar-refractivity contribution in [1.82, 2.24) is 9.55 Å². The van der Waals surface area contributed by atoms with Crippen LogP contribution in [0.4, 0.5) is 0 Å². The highest BCUT2D eigenvalue weighted by Gasteiger charge is 2.30. The Morgan fingerprint density at radius 1 is 1.14 bits per heavy atom. The zero-order valence-corrected chi connectivity index (χ0v) is 16.7. The molecule has 0 atom stereocenters. The summed E-state index contributed by atoms with van der Waals surface area (Å²) in [6.45, 7) is 1.89. The second-order valence-corrected chi connectivity index (χ2v) is 7.38. The molecule has 2 heterocycles. The first-order valence-corrected chi connectivity index (χ1v) is 9.43. The van der Waals surface area contributed by atoms with E-state index in [2.05, 4.69) is 9.55 Å². The van der Waals surface area contributed by atoms with Gasteiger partial charge in [0, 0.05) is 22.6 Å². The minimum atomic E-state index is -0.732. The summed E-state index contributed by atoms with van der Waals surface area (Å²) in [5.74, 6) is -0.886. The van der Waals surface area contributed by atoms with Gasteiger partial charge in [-0.05, 0) is 50.1 Å². The van der Waals surface area contributed by atoms with E-state index in [9.17, 15) is 9.59 Å². The predicted octanol–water partition coefficient (Wildman–Crippen LogP) is 4.99. The highest BCUT2D eigenvalue weighted by molar-refractivity contribution is 6.34. The smallest absolute Gasteiger partial charge is 0.363 e. The van der Waals surface area contributed by atoms with Crippen molar-refractivity contribution in [2.24, 2.45) is 0 Å². The van der Waals surface area contributed by atoms with Gasteiger partial charge in [-0.25, -0.2) is 14.6 Å². The van der Waals surface area contributed by atoms with Crippen LogP contribution in [0.3, 0.4) is 0 Å². The molecule has 8 heteroatoms. The topological polar surface area (TPSA) is 70.4 Å². The Labute approximate surface area is 171 Å². The van der Waals surface area contributed by atoms with Crippen LogP contribution < -0.4 is 4.74 Å². The normalized spacial score (nSPS) is 13.6. The van der Waals surface area contributed by atoms with Crippen LogP contribution in [0, 0.1) is 6.92 Å². The third kappa shape index (κ3) is 3.23. The summed E-state index contributed by atoms with van der Waals surface area (Å²) >= 11 is 11.9. The first-order valence-electron chi connectivity index (χ1n) is 8.67. The summed E-state index contributed by atoms with van der Waals surface area (Å²) < 4.78 is 12.5. The molecule has 1 aliphatic carbocycles. The van der Waals surface area contributed by atoms with E-state index >= 15 is 0 Å². The van der Waals surface area contributed by atoms with E-state index in [1.54, 1.807) is 12.1 Å². The molecule has 1 aliphatic rings. The van der Waals surface area contributed by atoms with Gasteiger partial charge in [0.1, 0.15) is 10.9 Å². The number of hydrogen-bond donors (Lipinski definition) is 0. The molecule has 1 saturated carbocycles. The molecule has 0 saturated heterocycles. The van der Waals surface area contributed by atoms with E-state index in [4.69, 9.17) is 32.7 Å². The standard InChI is InChI=1S/C20H16Cl2N2O4/c1-10-17(19(25)27-2)13-9-12(5-7-15(13)24(10)11-3-4-11)28-20(26)18-14(21)6-8-16(22)23-18/h5-9,11H,3-4H2,1-2H3. The summed E-state index contributed by atoms with van der Waals surface area (Å²) in [6, 6.07) is 8.51. The number of carbonyl (C=O) groups is 2. The number of aromatic nitrogens is 2. The lowest BCUT2D eigenvalue weighted by Gasteiger charge is -2.07. The van der Waals surface area contributed by atoms with Crippen molar-refractivity contribution in [2.75, 3.05) is 7.11 Å². The van der Waals surface area contributed by atoms with Gasteiger partial charge in [-0.2, -0.15) is 0 Å². The number of pyridine rings is 1. The maximum atomic E-state index is 12.5. The molecule has 4 rings (SSSR count). The number of fused-ring (bicyclic) bond motifs is 1. The van der Waals surface area contributed by atoms with Crippen LogP contribution in [-0.4, -0.2) is 28.6 Å². The molecule has 144 valence electrons. The molecule has 2 aromatic heterocycles. The van der Waals surface area contributed by atoms with Crippen molar-refractivity contribution in [3.63, 3.8) is 0 Å². The second kappa shape index (κ2) is 7.11. The third-order valence-electron chi connectivity index (χ3n) is 4.74. The van der Waals surface area contributed by atoms with Crippen LogP contribution >= 0.6 is 23.2 Å². The quantitative estimate of drug-likeness (QED) is 0.339. The molecule has 3 aromatic rings.